The van der Waals surface area contributed by atoms with Crippen molar-refractivity contribution in [1.82, 2.24) is 4.90 Å². The Morgan fingerprint density at radius 3 is 2.73 bits per heavy atom. The minimum absolute atomic E-state index is 0.192. The van der Waals surface area contributed by atoms with Crippen LogP contribution >= 0.6 is 0 Å². The van der Waals surface area contributed by atoms with E-state index >= 15 is 0 Å². The van der Waals surface area contributed by atoms with Crippen LogP contribution in [0.25, 0.3) is 0 Å². The Kier molecular flexibility index (Phi) is 5.17. The van der Waals surface area contributed by atoms with Gasteiger partial charge in [-0.15, -0.1) is 0 Å². The van der Waals surface area contributed by atoms with Crippen LogP contribution in [0.2, 0.25) is 0 Å². The molecular weight excluding hydrogens is 188 g/mol. The Hall–Kier alpha value is -1.04. The third-order valence-corrected chi connectivity index (χ3v) is 3.23. The van der Waals surface area contributed by atoms with Crippen LogP contribution in [-0.2, 0) is 4.79 Å². The Morgan fingerprint density at radius 1 is 1.47 bits per heavy atom. The molecule has 0 aromatic heterocycles. The van der Waals surface area contributed by atoms with Gasteiger partial charge in [0, 0.05) is 20.0 Å². The van der Waals surface area contributed by atoms with Crippen molar-refractivity contribution in [2.45, 2.75) is 44.9 Å². The number of hydrogen-bond donors (Lipinski definition) is 0. The van der Waals surface area contributed by atoms with Gasteiger partial charge in [-0.3, -0.25) is 4.79 Å². The van der Waals surface area contributed by atoms with Gasteiger partial charge in [0.1, 0.15) is 0 Å². The molecule has 15 heavy (non-hydrogen) atoms. The van der Waals surface area contributed by atoms with E-state index in [4.69, 9.17) is 5.26 Å². The van der Waals surface area contributed by atoms with Crippen LogP contribution in [0.1, 0.15) is 44.9 Å². The molecular formula is C12H20N2O. The molecule has 84 valence electrons. The van der Waals surface area contributed by atoms with Crippen molar-refractivity contribution in [2.24, 2.45) is 5.92 Å². The lowest BCUT2D eigenvalue weighted by Gasteiger charge is -2.16. The van der Waals surface area contributed by atoms with Crippen LogP contribution in [0.5, 0.6) is 0 Å². The van der Waals surface area contributed by atoms with E-state index in [2.05, 4.69) is 6.07 Å². The first-order valence-electron chi connectivity index (χ1n) is 5.85. The smallest absolute Gasteiger partial charge is 0.222 e. The molecule has 1 rings (SSSR count). The molecule has 0 unspecified atom stereocenters. The Morgan fingerprint density at radius 2 is 2.13 bits per heavy atom. The summed E-state index contributed by atoms with van der Waals surface area (Å²) in [5, 5.41) is 8.41. The number of amides is 1. The highest BCUT2D eigenvalue weighted by Crippen LogP contribution is 2.28. The molecule has 1 aliphatic rings. The molecule has 0 radical (unpaired) electrons. The summed E-state index contributed by atoms with van der Waals surface area (Å²) in [5.74, 6) is 0.968. The zero-order valence-corrected chi connectivity index (χ0v) is 9.54. The Bertz CT molecular complexity index is 238. The molecule has 0 aromatic carbocycles. The van der Waals surface area contributed by atoms with Crippen LogP contribution in [0.15, 0.2) is 0 Å². The minimum atomic E-state index is 0.192. The predicted octanol–water partition coefficient (Wildman–Crippen LogP) is 2.33. The van der Waals surface area contributed by atoms with E-state index in [1.54, 1.807) is 11.9 Å². The molecule has 1 amide bonds. The highest BCUT2D eigenvalue weighted by molar-refractivity contribution is 5.75. The summed E-state index contributed by atoms with van der Waals surface area (Å²) >= 11 is 0. The van der Waals surface area contributed by atoms with E-state index in [1.165, 1.54) is 25.7 Å². The summed E-state index contributed by atoms with van der Waals surface area (Å²) in [5.41, 5.74) is 0. The van der Waals surface area contributed by atoms with Crippen molar-refractivity contribution in [2.75, 3.05) is 13.6 Å². The molecule has 3 heteroatoms. The monoisotopic (exact) mass is 208 g/mol. The van der Waals surface area contributed by atoms with Gasteiger partial charge in [-0.05, 0) is 12.3 Å². The van der Waals surface area contributed by atoms with E-state index in [1.807, 2.05) is 0 Å². The molecule has 0 saturated heterocycles. The molecule has 0 bridgehead atoms. The van der Waals surface area contributed by atoms with Gasteiger partial charge in [0.2, 0.25) is 5.91 Å². The number of carbonyl (C=O) groups excluding carboxylic acids is 1. The van der Waals surface area contributed by atoms with Gasteiger partial charge in [-0.1, -0.05) is 25.7 Å². The van der Waals surface area contributed by atoms with Gasteiger partial charge in [0.25, 0.3) is 0 Å². The van der Waals surface area contributed by atoms with E-state index < -0.39 is 0 Å². The fraction of sp³-hybridized carbons (Fsp3) is 0.833. The first kappa shape index (κ1) is 12.0. The Balaban J connectivity index is 2.14. The summed E-state index contributed by atoms with van der Waals surface area (Å²) in [4.78, 5) is 13.3. The van der Waals surface area contributed by atoms with Crippen molar-refractivity contribution in [3.05, 3.63) is 0 Å². The van der Waals surface area contributed by atoms with E-state index in [0.29, 0.717) is 19.4 Å². The maximum atomic E-state index is 11.6. The van der Waals surface area contributed by atoms with Crippen LogP contribution in [0, 0.1) is 17.2 Å². The lowest BCUT2D eigenvalue weighted by atomic mass is 10.0. The third-order valence-electron chi connectivity index (χ3n) is 3.23. The largest absolute Gasteiger partial charge is 0.345 e. The van der Waals surface area contributed by atoms with Crippen LogP contribution in [0.3, 0.4) is 0 Å². The van der Waals surface area contributed by atoms with Gasteiger partial charge in [0.15, 0.2) is 0 Å². The molecule has 0 aliphatic heterocycles. The number of nitrogens with zero attached hydrogens (tertiary/aromatic N) is 2. The van der Waals surface area contributed by atoms with Crippen molar-refractivity contribution in [1.29, 1.82) is 5.26 Å². The third kappa shape index (κ3) is 4.33. The molecule has 0 N–H and O–H groups in total. The van der Waals surface area contributed by atoms with Gasteiger partial charge < -0.3 is 4.90 Å². The highest BCUT2D eigenvalue weighted by Gasteiger charge is 2.17. The summed E-state index contributed by atoms with van der Waals surface area (Å²) in [6.07, 6.45) is 7.41. The van der Waals surface area contributed by atoms with Crippen LogP contribution in [0.4, 0.5) is 0 Å². The minimum Gasteiger partial charge on any atom is -0.345 e. The molecule has 0 atom stereocenters. The highest BCUT2D eigenvalue weighted by atomic mass is 16.2. The van der Waals surface area contributed by atoms with Crippen LogP contribution < -0.4 is 0 Å². The quantitative estimate of drug-likeness (QED) is 0.696. The summed E-state index contributed by atoms with van der Waals surface area (Å²) in [7, 11) is 1.79. The molecule has 1 fully saturated rings. The number of carbonyl (C=O) groups is 1. The molecule has 1 aliphatic carbocycles. The average Bonchev–Trinajstić information content (AvgIpc) is 2.75. The second-order valence-electron chi connectivity index (χ2n) is 4.41. The molecule has 3 nitrogen and oxygen atoms in total. The predicted molar refractivity (Wildman–Crippen MR) is 59.1 cm³/mol. The summed E-state index contributed by atoms with van der Waals surface area (Å²) in [6, 6.07) is 2.06. The van der Waals surface area contributed by atoms with Gasteiger partial charge in [-0.25, -0.2) is 0 Å². The summed E-state index contributed by atoms with van der Waals surface area (Å²) in [6.45, 7) is 0.569. The number of rotatable bonds is 5. The van der Waals surface area contributed by atoms with E-state index in [9.17, 15) is 4.79 Å². The average molecular weight is 208 g/mol. The van der Waals surface area contributed by atoms with Crippen molar-refractivity contribution in [3.63, 3.8) is 0 Å². The number of nitriles is 1. The topological polar surface area (TPSA) is 44.1 Å². The zero-order chi connectivity index (χ0) is 11.1. The number of hydrogen-bond acceptors (Lipinski definition) is 2. The fourth-order valence-electron chi connectivity index (χ4n) is 2.16. The van der Waals surface area contributed by atoms with Crippen LogP contribution in [-0.4, -0.2) is 24.4 Å². The second-order valence-corrected chi connectivity index (χ2v) is 4.41. The molecule has 0 heterocycles. The van der Waals surface area contributed by atoms with Crippen molar-refractivity contribution in [3.8, 4) is 6.07 Å². The van der Waals surface area contributed by atoms with E-state index in [-0.39, 0.29) is 5.91 Å². The lowest BCUT2D eigenvalue weighted by molar-refractivity contribution is -0.130. The maximum absolute atomic E-state index is 11.6. The van der Waals surface area contributed by atoms with Gasteiger partial charge in [0.05, 0.1) is 12.5 Å². The molecule has 0 spiro atoms. The Labute approximate surface area is 92.1 Å². The van der Waals surface area contributed by atoms with Crippen molar-refractivity contribution >= 4 is 5.91 Å². The zero-order valence-electron chi connectivity index (χ0n) is 9.54. The lowest BCUT2D eigenvalue weighted by Crippen LogP contribution is -2.27. The van der Waals surface area contributed by atoms with E-state index in [0.717, 1.165) is 12.3 Å². The first-order valence-corrected chi connectivity index (χ1v) is 5.85. The normalized spacial score (nSPS) is 16.3. The standard InChI is InChI=1S/C12H20N2O/c1-14(10-4-9-13)12(15)8-7-11-5-2-3-6-11/h11H,2-8,10H2,1H3. The summed E-state index contributed by atoms with van der Waals surface area (Å²) < 4.78 is 0. The fourth-order valence-corrected chi connectivity index (χ4v) is 2.16. The maximum Gasteiger partial charge on any atom is 0.222 e. The van der Waals surface area contributed by atoms with Crippen molar-refractivity contribution < 1.29 is 4.79 Å². The molecule has 1 saturated carbocycles. The SMILES string of the molecule is CN(CCC#N)C(=O)CCC1CCCC1. The van der Waals surface area contributed by atoms with Gasteiger partial charge in [-0.2, -0.15) is 5.26 Å². The second kappa shape index (κ2) is 6.44. The van der Waals surface area contributed by atoms with Gasteiger partial charge >= 0.3 is 0 Å². The first-order chi connectivity index (χ1) is 7.24. The molecule has 0 aromatic rings.